The number of nitrogens with two attached hydrogens (primary N) is 1. The first kappa shape index (κ1) is 22.4. The van der Waals surface area contributed by atoms with Crippen molar-refractivity contribution in [3.63, 3.8) is 0 Å². The van der Waals surface area contributed by atoms with E-state index in [0.29, 0.717) is 17.9 Å². The SMILES string of the molecule is CC1=C[C](C)([Zr]([O]c2ccccc2)([O]c2ccccc2)[C](=O)[C@@H](N)Cc2c[nH]cn2)C=C1. The van der Waals surface area contributed by atoms with Gasteiger partial charge in [0, 0.05) is 0 Å². The van der Waals surface area contributed by atoms with Crippen LogP contribution in [0.3, 0.4) is 0 Å². The fraction of sp³-hybridized carbons (Fsp3) is 0.200. The molecule has 0 amide bonds. The van der Waals surface area contributed by atoms with Gasteiger partial charge >= 0.3 is 194 Å². The van der Waals surface area contributed by atoms with Crippen LogP contribution in [0.2, 0.25) is 3.12 Å². The molecule has 2 aromatic carbocycles. The van der Waals surface area contributed by atoms with Crippen LogP contribution in [0.15, 0.2) is 97.0 Å². The van der Waals surface area contributed by atoms with Crippen LogP contribution in [0, 0.1) is 0 Å². The first-order chi connectivity index (χ1) is 15.4. The third-order valence-electron chi connectivity index (χ3n) is 5.58. The number of H-pyrrole nitrogens is 1. The van der Waals surface area contributed by atoms with Crippen molar-refractivity contribution in [3.05, 3.63) is 103 Å². The first-order valence-corrected chi connectivity index (χ1v) is 15.0. The van der Waals surface area contributed by atoms with E-state index in [0.717, 1.165) is 11.3 Å². The van der Waals surface area contributed by atoms with Crippen LogP contribution in [-0.4, -0.2) is 19.5 Å². The number of hydrogen-bond donors (Lipinski definition) is 2. The first-order valence-electron chi connectivity index (χ1n) is 10.6. The van der Waals surface area contributed by atoms with Gasteiger partial charge in [0.05, 0.1) is 0 Å². The zero-order chi connectivity index (χ0) is 22.6. The Morgan fingerprint density at radius 3 is 2.16 bits per heavy atom. The van der Waals surface area contributed by atoms with Gasteiger partial charge in [-0.15, -0.1) is 0 Å². The minimum atomic E-state index is -4.82. The second kappa shape index (κ2) is 9.39. The van der Waals surface area contributed by atoms with Crippen molar-refractivity contribution in [2.45, 2.75) is 29.4 Å². The Morgan fingerprint density at radius 1 is 1.09 bits per heavy atom. The zero-order valence-electron chi connectivity index (χ0n) is 18.2. The summed E-state index contributed by atoms with van der Waals surface area (Å²) < 4.78 is 12.5. The topological polar surface area (TPSA) is 90.2 Å². The maximum atomic E-state index is 14.2. The molecule has 6 nitrogen and oxygen atoms in total. The Kier molecular flexibility index (Phi) is 6.59. The van der Waals surface area contributed by atoms with E-state index >= 15 is 0 Å². The van der Waals surface area contributed by atoms with E-state index in [1.54, 1.807) is 12.5 Å². The van der Waals surface area contributed by atoms with Gasteiger partial charge in [0.1, 0.15) is 0 Å². The number of imidazole rings is 1. The molecule has 0 fully saturated rings. The van der Waals surface area contributed by atoms with Gasteiger partial charge in [0.15, 0.2) is 0 Å². The van der Waals surface area contributed by atoms with Crippen molar-refractivity contribution in [2.75, 3.05) is 0 Å². The number of rotatable bonds is 9. The van der Waals surface area contributed by atoms with Crippen molar-refractivity contribution in [1.82, 2.24) is 9.97 Å². The van der Waals surface area contributed by atoms with Gasteiger partial charge in [-0.2, -0.15) is 0 Å². The summed E-state index contributed by atoms with van der Waals surface area (Å²) >= 11 is -4.82. The Bertz CT molecular complexity index is 1070. The van der Waals surface area contributed by atoms with Gasteiger partial charge in [-0.3, -0.25) is 0 Å². The summed E-state index contributed by atoms with van der Waals surface area (Å²) in [6, 6.07) is 18.0. The molecule has 1 unspecified atom stereocenters. The number of carbonyl (C=O) groups is 1. The number of para-hydroxylation sites is 2. The molecule has 1 aliphatic rings. The molecule has 3 N–H and O–H groups in total. The Labute approximate surface area is 193 Å². The van der Waals surface area contributed by atoms with Crippen LogP contribution in [0.5, 0.6) is 11.5 Å². The zero-order valence-corrected chi connectivity index (χ0v) is 20.7. The molecule has 1 aliphatic carbocycles. The van der Waals surface area contributed by atoms with Gasteiger partial charge < -0.3 is 0 Å². The van der Waals surface area contributed by atoms with Crippen LogP contribution in [0.4, 0.5) is 0 Å². The van der Waals surface area contributed by atoms with Crippen LogP contribution in [0.1, 0.15) is 19.5 Å². The summed E-state index contributed by atoms with van der Waals surface area (Å²) in [6.45, 7) is 4.03. The summed E-state index contributed by atoms with van der Waals surface area (Å²) in [4.78, 5) is 21.4. The van der Waals surface area contributed by atoms with E-state index in [4.69, 9.17) is 11.4 Å². The minimum absolute atomic E-state index is 0.159. The third kappa shape index (κ3) is 4.55. The van der Waals surface area contributed by atoms with E-state index < -0.39 is 30.3 Å². The molecule has 2 atom stereocenters. The number of nitrogens with one attached hydrogen (secondary N) is 1. The fourth-order valence-electron chi connectivity index (χ4n) is 3.96. The Balaban J connectivity index is 1.83. The van der Waals surface area contributed by atoms with Crippen molar-refractivity contribution in [2.24, 2.45) is 5.73 Å². The molecular weight excluding hydrogens is 482 g/mol. The van der Waals surface area contributed by atoms with Crippen molar-refractivity contribution < 1.29 is 31.6 Å². The molecule has 0 saturated carbocycles. The summed E-state index contributed by atoms with van der Waals surface area (Å²) in [7, 11) is 0. The average molecular weight is 509 g/mol. The van der Waals surface area contributed by atoms with E-state index in [9.17, 15) is 4.79 Å². The summed E-state index contributed by atoms with van der Waals surface area (Å²) in [6.07, 6.45) is 9.76. The Morgan fingerprint density at radius 2 is 1.69 bits per heavy atom. The number of benzene rings is 2. The summed E-state index contributed by atoms with van der Waals surface area (Å²) in [5, 5.41) is 0. The molecule has 0 spiro atoms. The van der Waals surface area contributed by atoms with Crippen molar-refractivity contribution in [3.8, 4) is 11.5 Å². The molecule has 1 heterocycles. The molecule has 0 bridgehead atoms. The molecule has 0 radical (unpaired) electrons. The van der Waals surface area contributed by atoms with Gasteiger partial charge in [-0.1, -0.05) is 0 Å². The second-order valence-corrected chi connectivity index (χ2v) is 16.1. The van der Waals surface area contributed by atoms with Crippen molar-refractivity contribution >= 4 is 3.49 Å². The van der Waals surface area contributed by atoms with Crippen LogP contribution in [0.25, 0.3) is 0 Å². The molecule has 4 rings (SSSR count). The molecule has 1 aromatic heterocycles. The van der Waals surface area contributed by atoms with E-state index in [2.05, 4.69) is 16.0 Å². The van der Waals surface area contributed by atoms with Crippen molar-refractivity contribution in [1.29, 1.82) is 0 Å². The van der Waals surface area contributed by atoms with Gasteiger partial charge in [-0.05, 0) is 0 Å². The van der Waals surface area contributed by atoms with Crippen LogP contribution in [-0.2, 0) is 32.4 Å². The van der Waals surface area contributed by atoms with E-state index in [-0.39, 0.29) is 3.49 Å². The number of carbonyl (C=O) groups excluding carboxylic acids is 1. The monoisotopic (exact) mass is 507 g/mol. The number of nitrogens with zero attached hydrogens (tertiary/aromatic N) is 1. The quantitative estimate of drug-likeness (QED) is 0.439. The predicted molar refractivity (Wildman–Crippen MR) is 121 cm³/mol. The van der Waals surface area contributed by atoms with E-state index in [1.165, 1.54) is 0 Å². The normalized spacial score (nSPS) is 18.8. The number of aromatic nitrogens is 2. The van der Waals surface area contributed by atoms with E-state index in [1.807, 2.05) is 86.7 Å². The molecule has 32 heavy (non-hydrogen) atoms. The van der Waals surface area contributed by atoms with Gasteiger partial charge in [-0.25, -0.2) is 0 Å². The third-order valence-corrected chi connectivity index (χ3v) is 14.9. The molecule has 164 valence electrons. The second-order valence-electron chi connectivity index (χ2n) is 8.19. The predicted octanol–water partition coefficient (Wildman–Crippen LogP) is 4.64. The summed E-state index contributed by atoms with van der Waals surface area (Å²) in [5.41, 5.74) is 8.30. The fourth-order valence-corrected chi connectivity index (χ4v) is 12.5. The molecule has 0 aliphatic heterocycles. The number of aromatic amines is 1. The molecule has 0 saturated heterocycles. The molecule has 7 heteroatoms. The standard InChI is InChI=1S/C7H9.C6H8N3O.2C6H6O.Zr/c1-6-3-4-7(2)5-6;7-5(3-10)1-6-2-8-4-9-6;2*7-6-4-2-1-3-5-6;/h3-5H,1-2H3;2,4-5H,1,7H2,(H,8,9);2*1-5,7H;/q;;;;+2/p-2/t;5-;;;/m.0.../s1. The number of hydrogen-bond acceptors (Lipinski definition) is 5. The van der Waals surface area contributed by atoms with Crippen LogP contribution < -0.4 is 11.4 Å². The Hall–Kier alpha value is -2.76. The molecular formula is C25H27N3O3Zr. The number of allylic oxidation sites excluding steroid dienone is 4. The van der Waals surface area contributed by atoms with Gasteiger partial charge in [0.25, 0.3) is 0 Å². The molecule has 3 aromatic rings. The van der Waals surface area contributed by atoms with Gasteiger partial charge in [0.2, 0.25) is 0 Å². The summed E-state index contributed by atoms with van der Waals surface area (Å²) in [5.74, 6) is 1.21. The average Bonchev–Trinajstić information content (AvgIpc) is 3.44. The maximum absolute atomic E-state index is 14.2. The van der Waals surface area contributed by atoms with Crippen LogP contribution >= 0.6 is 0 Å².